The molecule has 2 rings (SSSR count). The van der Waals surface area contributed by atoms with Crippen molar-refractivity contribution in [1.82, 2.24) is 15.5 Å². The zero-order valence-electron chi connectivity index (χ0n) is 11.8. The number of nitrogens with zero attached hydrogens (tertiary/aromatic N) is 1. The highest BCUT2D eigenvalue weighted by Gasteiger charge is 2.29. The van der Waals surface area contributed by atoms with E-state index in [1.165, 1.54) is 12.5 Å². The van der Waals surface area contributed by atoms with Gasteiger partial charge in [0.05, 0.1) is 0 Å². The zero-order valence-corrected chi connectivity index (χ0v) is 11.8. The summed E-state index contributed by atoms with van der Waals surface area (Å²) in [7, 11) is 0. The SMILES string of the molecule is CC(=O)N1CCNC[C@H]1C(=O)NCCc1ccccc1. The van der Waals surface area contributed by atoms with Gasteiger partial charge in [0.25, 0.3) is 0 Å². The molecule has 1 aromatic rings. The fourth-order valence-electron chi connectivity index (χ4n) is 2.41. The van der Waals surface area contributed by atoms with Crippen molar-refractivity contribution in [3.05, 3.63) is 35.9 Å². The second-order valence-electron chi connectivity index (χ2n) is 4.96. The molecular weight excluding hydrogens is 254 g/mol. The van der Waals surface area contributed by atoms with E-state index in [1.54, 1.807) is 4.90 Å². The maximum atomic E-state index is 12.2. The average molecular weight is 275 g/mol. The number of nitrogens with one attached hydrogen (secondary N) is 2. The fourth-order valence-corrected chi connectivity index (χ4v) is 2.41. The lowest BCUT2D eigenvalue weighted by molar-refractivity contribution is -0.139. The van der Waals surface area contributed by atoms with Gasteiger partial charge in [0, 0.05) is 33.1 Å². The summed E-state index contributed by atoms with van der Waals surface area (Å²) < 4.78 is 0. The van der Waals surface area contributed by atoms with Crippen LogP contribution in [0.5, 0.6) is 0 Å². The fraction of sp³-hybridized carbons (Fsp3) is 0.467. The van der Waals surface area contributed by atoms with Crippen molar-refractivity contribution in [3.63, 3.8) is 0 Å². The molecule has 1 saturated heterocycles. The van der Waals surface area contributed by atoms with Crippen LogP contribution in [0.1, 0.15) is 12.5 Å². The summed E-state index contributed by atoms with van der Waals surface area (Å²) in [4.78, 5) is 25.3. The first kappa shape index (κ1) is 14.5. The summed E-state index contributed by atoms with van der Waals surface area (Å²) in [5.74, 6) is -0.127. The molecule has 2 amide bonds. The van der Waals surface area contributed by atoms with E-state index < -0.39 is 6.04 Å². The van der Waals surface area contributed by atoms with Crippen LogP contribution in [0, 0.1) is 0 Å². The second-order valence-corrected chi connectivity index (χ2v) is 4.96. The Hall–Kier alpha value is -1.88. The number of hydrogen-bond donors (Lipinski definition) is 2. The van der Waals surface area contributed by atoms with Crippen LogP contribution in [-0.2, 0) is 16.0 Å². The molecule has 5 nitrogen and oxygen atoms in total. The second kappa shape index (κ2) is 7.05. The Labute approximate surface area is 119 Å². The van der Waals surface area contributed by atoms with Gasteiger partial charge in [-0.05, 0) is 12.0 Å². The molecule has 0 bridgehead atoms. The van der Waals surface area contributed by atoms with E-state index in [4.69, 9.17) is 0 Å². The number of benzene rings is 1. The Morgan fingerprint density at radius 2 is 2.10 bits per heavy atom. The number of piperazine rings is 1. The highest BCUT2D eigenvalue weighted by Crippen LogP contribution is 2.04. The number of carbonyl (C=O) groups excluding carboxylic acids is 2. The molecule has 0 aliphatic carbocycles. The van der Waals surface area contributed by atoms with Crippen molar-refractivity contribution < 1.29 is 9.59 Å². The number of hydrogen-bond acceptors (Lipinski definition) is 3. The van der Waals surface area contributed by atoms with Gasteiger partial charge < -0.3 is 15.5 Å². The molecule has 0 saturated carbocycles. The molecule has 0 unspecified atom stereocenters. The topological polar surface area (TPSA) is 61.4 Å². The Kier molecular flexibility index (Phi) is 5.12. The molecule has 1 aliphatic rings. The van der Waals surface area contributed by atoms with Crippen LogP contribution in [0.3, 0.4) is 0 Å². The Bertz CT molecular complexity index is 461. The van der Waals surface area contributed by atoms with E-state index in [9.17, 15) is 9.59 Å². The smallest absolute Gasteiger partial charge is 0.244 e. The molecule has 1 fully saturated rings. The first-order valence-corrected chi connectivity index (χ1v) is 6.98. The normalized spacial score (nSPS) is 18.6. The van der Waals surface area contributed by atoms with Crippen LogP contribution in [0.25, 0.3) is 0 Å². The molecule has 20 heavy (non-hydrogen) atoms. The van der Waals surface area contributed by atoms with Gasteiger partial charge in [-0.15, -0.1) is 0 Å². The molecule has 0 radical (unpaired) electrons. The van der Waals surface area contributed by atoms with Crippen molar-refractivity contribution in [2.24, 2.45) is 0 Å². The van der Waals surface area contributed by atoms with E-state index in [0.29, 0.717) is 19.6 Å². The van der Waals surface area contributed by atoms with Crippen LogP contribution in [0.2, 0.25) is 0 Å². The quantitative estimate of drug-likeness (QED) is 0.823. The summed E-state index contributed by atoms with van der Waals surface area (Å²) in [6.45, 7) is 3.96. The molecule has 2 N–H and O–H groups in total. The number of amides is 2. The highest BCUT2D eigenvalue weighted by molar-refractivity contribution is 5.87. The lowest BCUT2D eigenvalue weighted by atomic mass is 10.1. The minimum Gasteiger partial charge on any atom is -0.354 e. The third-order valence-electron chi connectivity index (χ3n) is 3.51. The molecule has 1 aromatic carbocycles. The van der Waals surface area contributed by atoms with Gasteiger partial charge >= 0.3 is 0 Å². The van der Waals surface area contributed by atoms with Crippen LogP contribution in [0.4, 0.5) is 0 Å². The van der Waals surface area contributed by atoms with Gasteiger partial charge in [0.2, 0.25) is 11.8 Å². The Balaban J connectivity index is 1.83. The van der Waals surface area contributed by atoms with Gasteiger partial charge in [-0.1, -0.05) is 30.3 Å². The number of rotatable bonds is 4. The predicted molar refractivity (Wildman–Crippen MR) is 77.2 cm³/mol. The average Bonchev–Trinajstić information content (AvgIpc) is 2.48. The predicted octanol–water partition coefficient (Wildman–Crippen LogP) is 0.166. The summed E-state index contributed by atoms with van der Waals surface area (Å²) in [5.41, 5.74) is 1.19. The van der Waals surface area contributed by atoms with E-state index in [-0.39, 0.29) is 11.8 Å². The Morgan fingerprint density at radius 1 is 1.35 bits per heavy atom. The van der Waals surface area contributed by atoms with E-state index >= 15 is 0 Å². The van der Waals surface area contributed by atoms with Crippen molar-refractivity contribution >= 4 is 11.8 Å². The van der Waals surface area contributed by atoms with Gasteiger partial charge in [-0.2, -0.15) is 0 Å². The van der Waals surface area contributed by atoms with Crippen molar-refractivity contribution in [3.8, 4) is 0 Å². The van der Waals surface area contributed by atoms with Gasteiger partial charge in [-0.3, -0.25) is 9.59 Å². The van der Waals surface area contributed by atoms with Crippen LogP contribution in [0.15, 0.2) is 30.3 Å². The molecule has 1 aliphatic heterocycles. The lowest BCUT2D eigenvalue weighted by Gasteiger charge is -2.34. The van der Waals surface area contributed by atoms with E-state index in [1.807, 2.05) is 30.3 Å². The number of carbonyl (C=O) groups is 2. The van der Waals surface area contributed by atoms with Crippen LogP contribution in [-0.4, -0.2) is 48.9 Å². The summed E-state index contributed by atoms with van der Waals surface area (Å²) >= 11 is 0. The van der Waals surface area contributed by atoms with Gasteiger partial charge in [-0.25, -0.2) is 0 Å². The molecule has 1 heterocycles. The zero-order chi connectivity index (χ0) is 14.4. The monoisotopic (exact) mass is 275 g/mol. The minimum absolute atomic E-state index is 0.0466. The Morgan fingerprint density at radius 3 is 2.80 bits per heavy atom. The summed E-state index contributed by atoms with van der Waals surface area (Å²) in [6, 6.07) is 9.63. The first-order valence-electron chi connectivity index (χ1n) is 6.98. The first-order chi connectivity index (χ1) is 9.68. The van der Waals surface area contributed by atoms with E-state index in [2.05, 4.69) is 10.6 Å². The maximum Gasteiger partial charge on any atom is 0.244 e. The van der Waals surface area contributed by atoms with Crippen molar-refractivity contribution in [1.29, 1.82) is 0 Å². The lowest BCUT2D eigenvalue weighted by Crippen LogP contribution is -2.59. The molecule has 1 atom stereocenters. The molecule has 0 spiro atoms. The van der Waals surface area contributed by atoms with Gasteiger partial charge in [0.15, 0.2) is 0 Å². The van der Waals surface area contributed by atoms with E-state index in [0.717, 1.165) is 13.0 Å². The van der Waals surface area contributed by atoms with Crippen molar-refractivity contribution in [2.75, 3.05) is 26.2 Å². The van der Waals surface area contributed by atoms with Crippen molar-refractivity contribution in [2.45, 2.75) is 19.4 Å². The minimum atomic E-state index is -0.392. The molecule has 0 aromatic heterocycles. The van der Waals surface area contributed by atoms with Crippen LogP contribution < -0.4 is 10.6 Å². The third kappa shape index (κ3) is 3.81. The summed E-state index contributed by atoms with van der Waals surface area (Å²) in [5, 5.41) is 6.07. The van der Waals surface area contributed by atoms with Gasteiger partial charge in [0.1, 0.15) is 6.04 Å². The third-order valence-corrected chi connectivity index (χ3v) is 3.51. The maximum absolute atomic E-state index is 12.2. The molecule has 108 valence electrons. The van der Waals surface area contributed by atoms with Crippen LogP contribution >= 0.6 is 0 Å². The molecular formula is C15H21N3O2. The summed E-state index contributed by atoms with van der Waals surface area (Å²) in [6.07, 6.45) is 0.798. The standard InChI is InChI=1S/C15H21N3O2/c1-12(19)18-10-9-16-11-14(18)15(20)17-8-7-13-5-3-2-4-6-13/h2-6,14,16H,7-11H2,1H3,(H,17,20)/t14-/m0/s1. The largest absolute Gasteiger partial charge is 0.354 e. The molecule has 5 heteroatoms. The highest BCUT2D eigenvalue weighted by atomic mass is 16.2.